The lowest BCUT2D eigenvalue weighted by Crippen LogP contribution is -2.21. The maximum Gasteiger partial charge on any atom is 0.315 e. The van der Waals surface area contributed by atoms with Crippen LogP contribution in [0.3, 0.4) is 0 Å². The summed E-state index contributed by atoms with van der Waals surface area (Å²) in [6.07, 6.45) is 1.31. The van der Waals surface area contributed by atoms with Crippen LogP contribution in [-0.4, -0.2) is 47.5 Å². The predicted octanol–water partition coefficient (Wildman–Crippen LogP) is 6.32. The fourth-order valence-corrected chi connectivity index (χ4v) is 5.07. The first kappa shape index (κ1) is 32.4. The molecule has 0 saturated carbocycles. The summed E-state index contributed by atoms with van der Waals surface area (Å²) >= 11 is 0. The molecule has 240 valence electrons. The zero-order valence-corrected chi connectivity index (χ0v) is 26.5. The average Bonchev–Trinajstić information content (AvgIpc) is 3.06. The van der Waals surface area contributed by atoms with Gasteiger partial charge in [0.1, 0.15) is 5.75 Å². The molecule has 1 N–H and O–H groups in total. The van der Waals surface area contributed by atoms with E-state index in [4.69, 9.17) is 19.2 Å². The molecule has 0 aliphatic heterocycles. The molecule has 1 amide bonds. The molecule has 1 aromatic heterocycles. The third kappa shape index (κ3) is 6.96. The standard InChI is InChI=1S/C35H33N5O7/c1-21(2)26-18-27(22(3)15-30(26)45-4)34-38-28-14-10-9-13-25(28)35(42)39(34)36-19-23-16-29(40(43)44)33(31(17-23)46-5)47-20-32(41)37-24-11-7-6-8-12-24/h6-19,21H,20H2,1-5H3,(H,37,41). The Kier molecular flexibility index (Phi) is 9.60. The van der Waals surface area contributed by atoms with Crippen LogP contribution in [0.1, 0.15) is 36.5 Å². The lowest BCUT2D eigenvalue weighted by atomic mass is 9.96. The highest BCUT2D eigenvalue weighted by Gasteiger charge is 2.24. The van der Waals surface area contributed by atoms with Crippen LogP contribution in [0.15, 0.2) is 88.8 Å². The second-order valence-corrected chi connectivity index (χ2v) is 10.9. The van der Waals surface area contributed by atoms with Gasteiger partial charge in [0.2, 0.25) is 5.75 Å². The van der Waals surface area contributed by atoms with Gasteiger partial charge in [0, 0.05) is 22.9 Å². The van der Waals surface area contributed by atoms with Crippen LogP contribution in [0.25, 0.3) is 22.3 Å². The number of carbonyl (C=O) groups is 1. The van der Waals surface area contributed by atoms with Gasteiger partial charge < -0.3 is 19.5 Å². The van der Waals surface area contributed by atoms with Crippen LogP contribution in [0.2, 0.25) is 0 Å². The SMILES string of the molecule is COc1cc(C)c(-c2nc3ccccc3c(=O)n2N=Cc2cc(OC)c(OCC(=O)Nc3ccccc3)c([N+](=O)[O-])c2)cc1C(C)C. The fraction of sp³-hybridized carbons (Fsp3) is 0.200. The molecule has 0 fully saturated rings. The van der Waals surface area contributed by atoms with Crippen molar-refractivity contribution in [3.05, 3.63) is 116 Å². The molecule has 47 heavy (non-hydrogen) atoms. The van der Waals surface area contributed by atoms with Crippen LogP contribution in [0.4, 0.5) is 11.4 Å². The maximum absolute atomic E-state index is 13.8. The van der Waals surface area contributed by atoms with Gasteiger partial charge in [-0.25, -0.2) is 4.98 Å². The first-order valence-corrected chi connectivity index (χ1v) is 14.7. The Morgan fingerprint density at radius 3 is 2.40 bits per heavy atom. The molecule has 4 aromatic carbocycles. The van der Waals surface area contributed by atoms with Gasteiger partial charge in [-0.2, -0.15) is 9.78 Å². The Morgan fingerprint density at radius 2 is 1.72 bits per heavy atom. The first-order valence-electron chi connectivity index (χ1n) is 14.7. The number of anilines is 1. The normalized spacial score (nSPS) is 11.2. The summed E-state index contributed by atoms with van der Waals surface area (Å²) in [5.74, 6) is 0.398. The molecule has 1 heterocycles. The van der Waals surface area contributed by atoms with E-state index in [0.29, 0.717) is 22.2 Å². The van der Waals surface area contributed by atoms with Gasteiger partial charge in [0.15, 0.2) is 18.2 Å². The number of hydrogen-bond donors (Lipinski definition) is 1. The average molecular weight is 636 g/mol. The third-order valence-electron chi connectivity index (χ3n) is 7.40. The van der Waals surface area contributed by atoms with Crippen LogP contribution in [0.5, 0.6) is 17.2 Å². The van der Waals surface area contributed by atoms with Crippen molar-refractivity contribution in [2.75, 3.05) is 26.1 Å². The third-order valence-corrected chi connectivity index (χ3v) is 7.40. The number of hydrogen-bond acceptors (Lipinski definition) is 9. The Labute approximate surface area is 270 Å². The maximum atomic E-state index is 13.8. The quantitative estimate of drug-likeness (QED) is 0.101. The molecule has 0 unspecified atom stereocenters. The zero-order valence-electron chi connectivity index (χ0n) is 26.5. The van der Waals surface area contributed by atoms with E-state index in [2.05, 4.69) is 10.4 Å². The van der Waals surface area contributed by atoms with Gasteiger partial charge in [-0.1, -0.05) is 44.2 Å². The van der Waals surface area contributed by atoms with Crippen molar-refractivity contribution < 1.29 is 23.9 Å². The highest BCUT2D eigenvalue weighted by atomic mass is 16.6. The predicted molar refractivity (Wildman–Crippen MR) is 180 cm³/mol. The number of fused-ring (bicyclic) bond motifs is 1. The molecular formula is C35H33N5O7. The lowest BCUT2D eigenvalue weighted by Gasteiger charge is -2.17. The van der Waals surface area contributed by atoms with E-state index in [1.807, 2.05) is 39.0 Å². The number of benzene rings is 4. The highest BCUT2D eigenvalue weighted by molar-refractivity contribution is 5.92. The van der Waals surface area contributed by atoms with Gasteiger partial charge >= 0.3 is 5.69 Å². The molecule has 0 bridgehead atoms. The van der Waals surface area contributed by atoms with E-state index in [1.165, 1.54) is 30.1 Å². The summed E-state index contributed by atoms with van der Waals surface area (Å²) in [5, 5.41) is 19.6. The number of aryl methyl sites for hydroxylation is 1. The second kappa shape index (κ2) is 13.9. The molecule has 0 atom stereocenters. The summed E-state index contributed by atoms with van der Waals surface area (Å²) in [6, 6.07) is 22.2. The van der Waals surface area contributed by atoms with Crippen molar-refractivity contribution in [1.29, 1.82) is 0 Å². The van der Waals surface area contributed by atoms with E-state index < -0.39 is 28.7 Å². The van der Waals surface area contributed by atoms with E-state index in [1.54, 1.807) is 55.6 Å². The monoisotopic (exact) mass is 635 g/mol. The van der Waals surface area contributed by atoms with Crippen molar-refractivity contribution in [2.24, 2.45) is 5.10 Å². The van der Waals surface area contributed by atoms with Gasteiger partial charge in [0.25, 0.3) is 11.5 Å². The molecule has 5 rings (SSSR count). The van der Waals surface area contributed by atoms with E-state index >= 15 is 0 Å². The van der Waals surface area contributed by atoms with Crippen molar-refractivity contribution >= 4 is 34.4 Å². The summed E-state index contributed by atoms with van der Waals surface area (Å²) in [6.45, 7) is 5.48. The molecule has 0 spiro atoms. The number of carbonyl (C=O) groups excluding carboxylic acids is 1. The summed E-state index contributed by atoms with van der Waals surface area (Å²) < 4.78 is 17.8. The zero-order chi connectivity index (χ0) is 33.7. The number of aromatic nitrogens is 2. The summed E-state index contributed by atoms with van der Waals surface area (Å²) in [7, 11) is 2.93. The van der Waals surface area contributed by atoms with Crippen molar-refractivity contribution in [3.8, 4) is 28.6 Å². The lowest BCUT2D eigenvalue weighted by molar-refractivity contribution is -0.385. The molecule has 0 saturated heterocycles. The number of nitro benzene ring substituents is 1. The number of ether oxygens (including phenoxy) is 3. The van der Waals surface area contributed by atoms with Gasteiger partial charge in [-0.15, -0.1) is 0 Å². The largest absolute Gasteiger partial charge is 0.496 e. The molecule has 12 heteroatoms. The van der Waals surface area contributed by atoms with Gasteiger partial charge in [0.05, 0.1) is 36.3 Å². The molecule has 0 aliphatic rings. The minimum absolute atomic E-state index is 0.00458. The van der Waals surface area contributed by atoms with Crippen LogP contribution < -0.4 is 25.1 Å². The smallest absolute Gasteiger partial charge is 0.315 e. The number of methoxy groups -OCH3 is 2. The number of nitro groups is 1. The molecule has 0 aliphatic carbocycles. The summed E-state index contributed by atoms with van der Waals surface area (Å²) in [4.78, 5) is 42.6. The summed E-state index contributed by atoms with van der Waals surface area (Å²) in [5.41, 5.74) is 2.84. The first-order chi connectivity index (χ1) is 22.6. The Bertz CT molecular complexity index is 2060. The highest BCUT2D eigenvalue weighted by Crippen LogP contribution is 2.38. The van der Waals surface area contributed by atoms with E-state index in [9.17, 15) is 19.7 Å². The number of para-hydroxylation sites is 2. The van der Waals surface area contributed by atoms with Crippen molar-refractivity contribution in [1.82, 2.24) is 9.66 Å². The minimum Gasteiger partial charge on any atom is -0.496 e. The topological polar surface area (TPSA) is 147 Å². The number of rotatable bonds is 11. The molecular weight excluding hydrogens is 602 g/mol. The van der Waals surface area contributed by atoms with Crippen LogP contribution >= 0.6 is 0 Å². The van der Waals surface area contributed by atoms with Gasteiger partial charge in [-0.3, -0.25) is 19.7 Å². The Balaban J connectivity index is 1.57. The Morgan fingerprint density at radius 1 is 1.02 bits per heavy atom. The molecule has 0 radical (unpaired) electrons. The van der Waals surface area contributed by atoms with Crippen molar-refractivity contribution in [2.45, 2.75) is 26.7 Å². The van der Waals surface area contributed by atoms with Crippen molar-refractivity contribution in [3.63, 3.8) is 0 Å². The number of nitrogens with one attached hydrogen (secondary N) is 1. The molecule has 5 aromatic rings. The van der Waals surface area contributed by atoms with Gasteiger partial charge in [-0.05, 0) is 66.4 Å². The van der Waals surface area contributed by atoms with E-state index in [-0.39, 0.29) is 28.8 Å². The van der Waals surface area contributed by atoms with Crippen LogP contribution in [-0.2, 0) is 4.79 Å². The number of nitrogens with zero attached hydrogens (tertiary/aromatic N) is 4. The minimum atomic E-state index is -0.645. The second-order valence-electron chi connectivity index (χ2n) is 10.9. The Hall–Kier alpha value is -6.04. The molecule has 12 nitrogen and oxygen atoms in total. The van der Waals surface area contributed by atoms with E-state index in [0.717, 1.165) is 16.9 Å². The number of amides is 1. The van der Waals surface area contributed by atoms with Crippen LogP contribution in [0, 0.1) is 17.0 Å². The fourth-order valence-electron chi connectivity index (χ4n) is 5.07.